The molecule has 4 nitrogen and oxygen atoms in total. The van der Waals surface area contributed by atoms with Gasteiger partial charge in [-0.25, -0.2) is 4.79 Å². The molecule has 86 valence electrons. The normalized spacial score (nSPS) is 27.5. The molecule has 1 amide bonds. The van der Waals surface area contributed by atoms with Gasteiger partial charge in [-0.05, 0) is 33.6 Å². The monoisotopic (exact) mass is 213 g/mol. The van der Waals surface area contributed by atoms with Crippen LogP contribution in [0.4, 0.5) is 4.79 Å². The molecule has 2 rings (SSSR count). The van der Waals surface area contributed by atoms with Crippen molar-refractivity contribution in [3.05, 3.63) is 0 Å². The van der Waals surface area contributed by atoms with E-state index in [0.717, 1.165) is 19.4 Å². The quantitative estimate of drug-likeness (QED) is 0.716. The molecule has 1 saturated heterocycles. The van der Waals surface area contributed by atoms with Crippen LogP contribution in [0.3, 0.4) is 0 Å². The summed E-state index contributed by atoms with van der Waals surface area (Å²) < 4.78 is 5.27. The highest BCUT2D eigenvalue weighted by Gasteiger charge is 2.62. The van der Waals surface area contributed by atoms with Gasteiger partial charge in [-0.3, -0.25) is 0 Å². The van der Waals surface area contributed by atoms with E-state index in [1.165, 1.54) is 0 Å². The number of carbonyl (C=O) groups is 1. The Morgan fingerprint density at radius 1 is 1.53 bits per heavy atom. The first-order valence-corrected chi connectivity index (χ1v) is 5.48. The van der Waals surface area contributed by atoms with Gasteiger partial charge in [0, 0.05) is 12.0 Å². The second-order valence-electron chi connectivity index (χ2n) is 5.67. The summed E-state index contributed by atoms with van der Waals surface area (Å²) in [6, 6.07) is -0.00708. The Bertz CT molecular complexity index is 278. The molecule has 1 saturated carbocycles. The van der Waals surface area contributed by atoms with E-state index in [1.54, 1.807) is 4.90 Å². The maximum absolute atomic E-state index is 11.7. The van der Waals surface area contributed by atoms with E-state index in [9.17, 15) is 9.90 Å². The van der Waals surface area contributed by atoms with E-state index in [1.807, 2.05) is 20.8 Å². The predicted molar refractivity (Wildman–Crippen MR) is 55.5 cm³/mol. The molecule has 1 N–H and O–H groups in total. The van der Waals surface area contributed by atoms with E-state index in [2.05, 4.69) is 0 Å². The molecule has 0 aromatic heterocycles. The van der Waals surface area contributed by atoms with Crippen molar-refractivity contribution in [2.45, 2.75) is 45.3 Å². The first kappa shape index (κ1) is 10.7. The smallest absolute Gasteiger partial charge is 0.410 e. The molecular formula is C11H19NO3. The van der Waals surface area contributed by atoms with Crippen LogP contribution in [0.1, 0.15) is 33.6 Å². The summed E-state index contributed by atoms with van der Waals surface area (Å²) in [4.78, 5) is 13.4. The number of amides is 1. The van der Waals surface area contributed by atoms with Crippen molar-refractivity contribution in [1.82, 2.24) is 4.90 Å². The standard InChI is InChI=1S/C11H19NO3/c1-10(2,3)15-9(14)12-7-11(4-5-11)8(12)6-13/h8,13H,4-7H2,1-3H3. The van der Waals surface area contributed by atoms with Crippen LogP contribution in [-0.4, -0.2) is 40.9 Å². The third kappa shape index (κ3) is 1.83. The highest BCUT2D eigenvalue weighted by molar-refractivity contribution is 5.70. The van der Waals surface area contributed by atoms with E-state index < -0.39 is 5.60 Å². The van der Waals surface area contributed by atoms with Gasteiger partial charge in [-0.15, -0.1) is 0 Å². The summed E-state index contributed by atoms with van der Waals surface area (Å²) in [5.74, 6) is 0. The molecule has 0 aromatic carbocycles. The topological polar surface area (TPSA) is 49.8 Å². The molecule has 1 heterocycles. The Hall–Kier alpha value is -0.770. The molecular weight excluding hydrogens is 194 g/mol. The molecule has 4 heteroatoms. The number of aliphatic hydroxyl groups is 1. The Balaban J connectivity index is 1.92. The highest BCUT2D eigenvalue weighted by Crippen LogP contribution is 2.57. The highest BCUT2D eigenvalue weighted by atomic mass is 16.6. The zero-order chi connectivity index (χ0) is 11.3. The maximum atomic E-state index is 11.7. The van der Waals surface area contributed by atoms with Crippen LogP contribution in [0.25, 0.3) is 0 Å². The van der Waals surface area contributed by atoms with Crippen LogP contribution in [0.15, 0.2) is 0 Å². The average molecular weight is 213 g/mol. The molecule has 1 spiro atoms. The molecule has 0 aromatic rings. The van der Waals surface area contributed by atoms with Crippen molar-refractivity contribution in [1.29, 1.82) is 0 Å². The Labute approximate surface area is 90.2 Å². The second kappa shape index (κ2) is 3.11. The number of carbonyl (C=O) groups excluding carboxylic acids is 1. The van der Waals surface area contributed by atoms with Crippen molar-refractivity contribution < 1.29 is 14.6 Å². The molecule has 1 aliphatic heterocycles. The molecule has 1 aliphatic carbocycles. The zero-order valence-corrected chi connectivity index (χ0v) is 9.62. The van der Waals surface area contributed by atoms with Crippen LogP contribution in [-0.2, 0) is 4.74 Å². The molecule has 0 bridgehead atoms. The van der Waals surface area contributed by atoms with Crippen molar-refractivity contribution >= 4 is 6.09 Å². The molecule has 2 fully saturated rings. The largest absolute Gasteiger partial charge is 0.444 e. The summed E-state index contributed by atoms with van der Waals surface area (Å²) in [7, 11) is 0. The Morgan fingerprint density at radius 2 is 2.13 bits per heavy atom. The molecule has 2 aliphatic rings. The van der Waals surface area contributed by atoms with Crippen molar-refractivity contribution in [3.8, 4) is 0 Å². The Kier molecular flexibility index (Phi) is 2.23. The summed E-state index contributed by atoms with van der Waals surface area (Å²) in [5.41, 5.74) is -0.213. The van der Waals surface area contributed by atoms with Gasteiger partial charge in [-0.2, -0.15) is 0 Å². The summed E-state index contributed by atoms with van der Waals surface area (Å²) in [6.07, 6.45) is 1.98. The van der Waals surface area contributed by atoms with Crippen molar-refractivity contribution in [2.24, 2.45) is 5.41 Å². The van der Waals surface area contributed by atoms with Gasteiger partial charge in [0.1, 0.15) is 5.60 Å². The predicted octanol–water partition coefficient (Wildman–Crippen LogP) is 1.38. The third-order valence-electron chi connectivity index (χ3n) is 3.26. The van der Waals surface area contributed by atoms with Crippen LogP contribution in [0.2, 0.25) is 0 Å². The van der Waals surface area contributed by atoms with Crippen LogP contribution < -0.4 is 0 Å². The lowest BCUT2D eigenvalue weighted by molar-refractivity contribution is -0.0556. The first-order valence-electron chi connectivity index (χ1n) is 5.48. The minimum Gasteiger partial charge on any atom is -0.444 e. The van der Waals surface area contributed by atoms with E-state index in [4.69, 9.17) is 4.74 Å². The number of hydrogen-bond acceptors (Lipinski definition) is 3. The number of ether oxygens (including phenoxy) is 1. The Morgan fingerprint density at radius 3 is 2.53 bits per heavy atom. The fourth-order valence-corrected chi connectivity index (χ4v) is 2.23. The summed E-state index contributed by atoms with van der Waals surface area (Å²) in [5, 5.41) is 9.23. The van der Waals surface area contributed by atoms with Gasteiger partial charge < -0.3 is 14.7 Å². The van der Waals surface area contributed by atoms with Crippen molar-refractivity contribution in [2.75, 3.05) is 13.2 Å². The number of rotatable bonds is 1. The first-order chi connectivity index (χ1) is 6.88. The average Bonchev–Trinajstić information content (AvgIpc) is 2.78. The summed E-state index contributed by atoms with van der Waals surface area (Å²) in [6.45, 7) is 6.37. The lowest BCUT2D eigenvalue weighted by Crippen LogP contribution is -2.62. The van der Waals surface area contributed by atoms with Crippen molar-refractivity contribution in [3.63, 3.8) is 0 Å². The van der Waals surface area contributed by atoms with E-state index in [-0.39, 0.29) is 24.2 Å². The van der Waals surface area contributed by atoms with Crippen LogP contribution >= 0.6 is 0 Å². The maximum Gasteiger partial charge on any atom is 0.410 e. The molecule has 15 heavy (non-hydrogen) atoms. The van der Waals surface area contributed by atoms with E-state index in [0.29, 0.717) is 0 Å². The lowest BCUT2D eigenvalue weighted by Gasteiger charge is -2.48. The SMILES string of the molecule is CC(C)(C)OC(=O)N1CC2(CC2)C1CO. The molecule has 0 radical (unpaired) electrons. The fraction of sp³-hybridized carbons (Fsp3) is 0.909. The van der Waals surface area contributed by atoms with Crippen LogP contribution in [0.5, 0.6) is 0 Å². The number of hydrogen-bond donors (Lipinski definition) is 1. The van der Waals surface area contributed by atoms with Gasteiger partial charge in [0.05, 0.1) is 12.6 Å². The second-order valence-corrected chi connectivity index (χ2v) is 5.67. The third-order valence-corrected chi connectivity index (χ3v) is 3.26. The van der Waals surface area contributed by atoms with E-state index >= 15 is 0 Å². The number of nitrogens with zero attached hydrogens (tertiary/aromatic N) is 1. The zero-order valence-electron chi connectivity index (χ0n) is 9.62. The number of aliphatic hydroxyl groups excluding tert-OH is 1. The minimum absolute atomic E-state index is 0.00708. The van der Waals surface area contributed by atoms with Gasteiger partial charge >= 0.3 is 6.09 Å². The summed E-state index contributed by atoms with van der Waals surface area (Å²) >= 11 is 0. The van der Waals surface area contributed by atoms with Gasteiger partial charge in [0.2, 0.25) is 0 Å². The van der Waals surface area contributed by atoms with Gasteiger partial charge in [0.25, 0.3) is 0 Å². The fourth-order valence-electron chi connectivity index (χ4n) is 2.23. The van der Waals surface area contributed by atoms with Crippen LogP contribution in [0, 0.1) is 5.41 Å². The van der Waals surface area contributed by atoms with Gasteiger partial charge in [0.15, 0.2) is 0 Å². The minimum atomic E-state index is -0.455. The lowest BCUT2D eigenvalue weighted by atomic mass is 9.86. The number of likely N-dealkylation sites (tertiary alicyclic amines) is 1. The van der Waals surface area contributed by atoms with Gasteiger partial charge in [-0.1, -0.05) is 0 Å². The molecule has 1 atom stereocenters. The molecule has 1 unspecified atom stereocenters.